The zero-order valence-electron chi connectivity index (χ0n) is 17.7. The second-order valence-electron chi connectivity index (χ2n) is 6.95. The van der Waals surface area contributed by atoms with Crippen LogP contribution in [0.2, 0.25) is 0 Å². The topological polar surface area (TPSA) is 61.8 Å². The van der Waals surface area contributed by atoms with E-state index in [0.717, 1.165) is 17.1 Å². The molecule has 1 aromatic carbocycles. The van der Waals surface area contributed by atoms with Crippen LogP contribution in [-0.2, 0) is 13.1 Å². The van der Waals surface area contributed by atoms with Crippen molar-refractivity contribution >= 4 is 11.8 Å². The first-order chi connectivity index (χ1) is 14.2. The molecule has 164 valence electrons. The fourth-order valence-electron chi connectivity index (χ4n) is 2.58. The van der Waals surface area contributed by atoms with Gasteiger partial charge in [0.15, 0.2) is 12.6 Å². The maximum Gasteiger partial charge on any atom is 0.422 e. The summed E-state index contributed by atoms with van der Waals surface area (Å²) in [5.74, 6) is 1.58. The molecule has 0 atom stereocenters. The summed E-state index contributed by atoms with van der Waals surface area (Å²) >= 11 is 0. The van der Waals surface area contributed by atoms with Crippen LogP contribution in [0.15, 0.2) is 41.4 Å². The molecule has 2 rings (SSSR count). The highest BCUT2D eigenvalue weighted by Crippen LogP contribution is 2.24. The Kier molecular flexibility index (Phi) is 8.32. The van der Waals surface area contributed by atoms with Crippen molar-refractivity contribution < 1.29 is 17.9 Å². The van der Waals surface area contributed by atoms with Crippen molar-refractivity contribution in [2.45, 2.75) is 33.1 Å². The lowest BCUT2D eigenvalue weighted by Crippen LogP contribution is -2.37. The van der Waals surface area contributed by atoms with Crippen LogP contribution in [0, 0.1) is 6.92 Å². The third kappa shape index (κ3) is 7.81. The summed E-state index contributed by atoms with van der Waals surface area (Å²) in [4.78, 5) is 11.0. The number of alkyl halides is 3. The van der Waals surface area contributed by atoms with Gasteiger partial charge in [0.1, 0.15) is 11.6 Å². The molecule has 1 heterocycles. The highest BCUT2D eigenvalue weighted by molar-refractivity contribution is 5.79. The Morgan fingerprint density at radius 3 is 2.60 bits per heavy atom. The van der Waals surface area contributed by atoms with Crippen molar-refractivity contribution in [1.29, 1.82) is 0 Å². The zero-order valence-corrected chi connectivity index (χ0v) is 17.7. The second-order valence-corrected chi connectivity index (χ2v) is 6.95. The van der Waals surface area contributed by atoms with Gasteiger partial charge >= 0.3 is 6.18 Å². The second kappa shape index (κ2) is 10.7. The lowest BCUT2D eigenvalue weighted by atomic mass is 10.1. The molecule has 0 spiro atoms. The molecule has 0 aliphatic rings. The molecular formula is C21H28F3N5O. The predicted molar refractivity (Wildman–Crippen MR) is 113 cm³/mol. The van der Waals surface area contributed by atoms with E-state index in [4.69, 9.17) is 4.74 Å². The fourth-order valence-corrected chi connectivity index (χ4v) is 2.58. The maximum atomic E-state index is 12.5. The third-order valence-corrected chi connectivity index (χ3v) is 4.05. The minimum atomic E-state index is -4.39. The lowest BCUT2D eigenvalue weighted by molar-refractivity contribution is -0.153. The predicted octanol–water partition coefficient (Wildman–Crippen LogP) is 3.65. The van der Waals surface area contributed by atoms with Gasteiger partial charge in [0.2, 0.25) is 0 Å². The highest BCUT2D eigenvalue weighted by Gasteiger charge is 2.28. The van der Waals surface area contributed by atoms with E-state index in [-0.39, 0.29) is 12.3 Å². The monoisotopic (exact) mass is 423 g/mol. The number of aromatic nitrogens is 1. The van der Waals surface area contributed by atoms with Gasteiger partial charge in [-0.15, -0.1) is 0 Å². The van der Waals surface area contributed by atoms with Crippen LogP contribution < -0.4 is 20.3 Å². The molecule has 0 saturated heterocycles. The molecule has 2 N–H and O–H groups in total. The normalized spacial score (nSPS) is 11.9. The van der Waals surface area contributed by atoms with Crippen molar-refractivity contribution in [1.82, 2.24) is 15.6 Å². The minimum absolute atomic E-state index is 0.175. The Bertz CT molecular complexity index is 853. The van der Waals surface area contributed by atoms with Gasteiger partial charge in [0.25, 0.3) is 0 Å². The van der Waals surface area contributed by atoms with E-state index in [1.807, 2.05) is 50.2 Å². The Morgan fingerprint density at radius 2 is 1.93 bits per heavy atom. The molecule has 1 aromatic heterocycles. The fraction of sp³-hybridized carbons (Fsp3) is 0.429. The average Bonchev–Trinajstić information content (AvgIpc) is 2.69. The number of benzene rings is 1. The number of nitrogens with zero attached hydrogens (tertiary/aromatic N) is 3. The van der Waals surface area contributed by atoms with E-state index in [2.05, 4.69) is 20.6 Å². The number of guanidine groups is 1. The van der Waals surface area contributed by atoms with Gasteiger partial charge in [-0.25, -0.2) is 9.98 Å². The smallest absolute Gasteiger partial charge is 0.422 e. The number of nitrogens with one attached hydrogen (secondary N) is 2. The molecule has 0 bridgehead atoms. The number of halogens is 3. The number of aryl methyl sites for hydroxylation is 1. The highest BCUT2D eigenvalue weighted by atomic mass is 19.4. The number of hydrogen-bond acceptors (Lipinski definition) is 4. The van der Waals surface area contributed by atoms with Crippen molar-refractivity contribution in [2.75, 3.05) is 32.1 Å². The van der Waals surface area contributed by atoms with Gasteiger partial charge in [-0.05, 0) is 37.6 Å². The van der Waals surface area contributed by atoms with E-state index in [1.54, 1.807) is 19.1 Å². The van der Waals surface area contributed by atoms with Crippen molar-refractivity contribution in [3.63, 3.8) is 0 Å². The molecule has 6 nitrogen and oxygen atoms in total. The molecule has 0 aliphatic heterocycles. The average molecular weight is 423 g/mol. The lowest BCUT2D eigenvalue weighted by Gasteiger charge is -2.15. The van der Waals surface area contributed by atoms with Crippen molar-refractivity contribution in [3.8, 4) is 5.75 Å². The van der Waals surface area contributed by atoms with Gasteiger partial charge in [0.05, 0.1) is 18.8 Å². The Morgan fingerprint density at radius 1 is 1.17 bits per heavy atom. The van der Waals surface area contributed by atoms with Crippen molar-refractivity contribution in [2.24, 2.45) is 4.99 Å². The molecular weight excluding hydrogens is 395 g/mol. The van der Waals surface area contributed by atoms with Crippen LogP contribution in [0.4, 0.5) is 19.0 Å². The number of pyridine rings is 1. The molecule has 9 heteroatoms. The SMILES string of the molecule is CCNC(=NCc1ccc(C)cc1OCC(F)(F)F)NCc1cccc(N(C)C)n1. The molecule has 0 saturated carbocycles. The summed E-state index contributed by atoms with van der Waals surface area (Å²) in [5.41, 5.74) is 2.24. The van der Waals surface area contributed by atoms with Crippen LogP contribution in [0.5, 0.6) is 5.75 Å². The zero-order chi connectivity index (χ0) is 22.1. The van der Waals surface area contributed by atoms with E-state index in [1.165, 1.54) is 0 Å². The maximum absolute atomic E-state index is 12.5. The molecule has 0 fully saturated rings. The van der Waals surface area contributed by atoms with E-state index >= 15 is 0 Å². The first kappa shape index (κ1) is 23.3. The quantitative estimate of drug-likeness (QED) is 0.501. The summed E-state index contributed by atoms with van der Waals surface area (Å²) in [6, 6.07) is 10.9. The van der Waals surface area contributed by atoms with E-state index in [9.17, 15) is 13.2 Å². The largest absolute Gasteiger partial charge is 0.484 e. The Hall–Kier alpha value is -2.97. The number of hydrogen-bond donors (Lipinski definition) is 2. The van der Waals surface area contributed by atoms with Crippen LogP contribution >= 0.6 is 0 Å². The molecule has 2 aromatic rings. The number of aliphatic imine (C=N–C) groups is 1. The van der Waals surface area contributed by atoms with Crippen LogP contribution in [0.3, 0.4) is 0 Å². The molecule has 0 aliphatic carbocycles. The number of anilines is 1. The van der Waals surface area contributed by atoms with Gasteiger partial charge in [-0.1, -0.05) is 18.2 Å². The summed E-state index contributed by atoms with van der Waals surface area (Å²) < 4.78 is 42.6. The number of rotatable bonds is 8. The Labute approximate surface area is 175 Å². The minimum Gasteiger partial charge on any atom is -0.484 e. The molecule has 0 unspecified atom stereocenters. The summed E-state index contributed by atoms with van der Waals surface area (Å²) in [5, 5.41) is 6.32. The van der Waals surface area contributed by atoms with Gasteiger partial charge in [-0.2, -0.15) is 13.2 Å². The Balaban J connectivity index is 2.09. The standard InChI is InChI=1S/C21H28F3N5O/c1-5-25-20(27-13-17-7-6-8-19(28-17)29(3)4)26-12-16-10-9-15(2)11-18(16)30-14-21(22,23)24/h6-11H,5,12-14H2,1-4H3,(H2,25,26,27). The van der Waals surface area contributed by atoms with Crippen LogP contribution in [-0.4, -0.2) is 44.4 Å². The summed E-state index contributed by atoms with van der Waals surface area (Å²) in [6.07, 6.45) is -4.39. The van der Waals surface area contributed by atoms with E-state index in [0.29, 0.717) is 24.6 Å². The van der Waals surface area contributed by atoms with Gasteiger partial charge < -0.3 is 20.3 Å². The molecule has 0 radical (unpaired) electrons. The molecule has 0 amide bonds. The molecule has 30 heavy (non-hydrogen) atoms. The van der Waals surface area contributed by atoms with E-state index < -0.39 is 12.8 Å². The number of ether oxygens (including phenoxy) is 1. The third-order valence-electron chi connectivity index (χ3n) is 4.05. The van der Waals surface area contributed by atoms with Crippen molar-refractivity contribution in [3.05, 3.63) is 53.2 Å². The summed E-state index contributed by atoms with van der Waals surface area (Å²) in [7, 11) is 3.84. The summed E-state index contributed by atoms with van der Waals surface area (Å²) in [6.45, 7) is 3.67. The van der Waals surface area contributed by atoms with Crippen LogP contribution in [0.25, 0.3) is 0 Å². The first-order valence-electron chi connectivity index (χ1n) is 9.62. The van der Waals surface area contributed by atoms with Gasteiger partial charge in [0, 0.05) is 26.2 Å². The first-order valence-corrected chi connectivity index (χ1v) is 9.62. The van der Waals surface area contributed by atoms with Gasteiger partial charge in [-0.3, -0.25) is 0 Å². The van der Waals surface area contributed by atoms with Crippen LogP contribution in [0.1, 0.15) is 23.7 Å².